The lowest BCUT2D eigenvalue weighted by molar-refractivity contribution is 0.735. The standard InChI is InChI=1S/C10H13N7S/c11-8(18)3-4-16(7-1-2-7)10-6-12-5-9-13-14-15-17(9)10/h5-7H,1-4H2,(H2,11,18). The summed E-state index contributed by atoms with van der Waals surface area (Å²) in [5.74, 6) is 0.899. The van der Waals surface area contributed by atoms with Crippen LogP contribution in [0.1, 0.15) is 19.3 Å². The number of hydrogen-bond donors (Lipinski definition) is 1. The van der Waals surface area contributed by atoms with Gasteiger partial charge in [-0.05, 0) is 23.3 Å². The van der Waals surface area contributed by atoms with Crippen LogP contribution in [0.3, 0.4) is 0 Å². The average Bonchev–Trinajstić information content (AvgIpc) is 3.06. The number of rotatable bonds is 5. The second kappa shape index (κ2) is 4.45. The molecule has 2 aromatic rings. The van der Waals surface area contributed by atoms with Crippen LogP contribution in [0.5, 0.6) is 0 Å². The Labute approximate surface area is 109 Å². The minimum atomic E-state index is 0.524. The molecule has 0 amide bonds. The van der Waals surface area contributed by atoms with Crippen molar-refractivity contribution in [3.8, 4) is 0 Å². The molecular formula is C10H13N7S. The van der Waals surface area contributed by atoms with Gasteiger partial charge in [-0.3, -0.25) is 4.98 Å². The van der Waals surface area contributed by atoms with Crippen LogP contribution in [0.25, 0.3) is 5.65 Å². The van der Waals surface area contributed by atoms with E-state index < -0.39 is 0 Å². The number of nitrogens with two attached hydrogens (primary N) is 1. The highest BCUT2D eigenvalue weighted by Crippen LogP contribution is 2.31. The SMILES string of the molecule is NC(=S)CCN(c1cncc2nnnn12)C1CC1. The average molecular weight is 263 g/mol. The molecule has 0 aromatic carbocycles. The van der Waals surface area contributed by atoms with Crippen LogP contribution in [-0.4, -0.2) is 42.6 Å². The molecule has 2 aromatic heterocycles. The fraction of sp³-hybridized carbons (Fsp3) is 0.500. The van der Waals surface area contributed by atoms with E-state index in [1.807, 2.05) is 0 Å². The van der Waals surface area contributed by atoms with E-state index >= 15 is 0 Å². The number of tetrazole rings is 1. The van der Waals surface area contributed by atoms with Crippen molar-refractivity contribution in [3.05, 3.63) is 12.4 Å². The van der Waals surface area contributed by atoms with Gasteiger partial charge in [-0.25, -0.2) is 0 Å². The van der Waals surface area contributed by atoms with Crippen LogP contribution in [0.2, 0.25) is 0 Å². The molecule has 0 saturated heterocycles. The Morgan fingerprint density at radius 1 is 1.50 bits per heavy atom. The number of aromatic nitrogens is 5. The smallest absolute Gasteiger partial charge is 0.199 e. The number of fused-ring (bicyclic) bond motifs is 1. The van der Waals surface area contributed by atoms with Gasteiger partial charge in [0.15, 0.2) is 11.5 Å². The molecule has 0 bridgehead atoms. The molecule has 94 valence electrons. The maximum atomic E-state index is 5.57. The monoisotopic (exact) mass is 263 g/mol. The van der Waals surface area contributed by atoms with Crippen LogP contribution >= 0.6 is 12.2 Å². The second-order valence-electron chi connectivity index (χ2n) is 4.36. The van der Waals surface area contributed by atoms with Gasteiger partial charge < -0.3 is 10.6 Å². The summed E-state index contributed by atoms with van der Waals surface area (Å²) in [6, 6.07) is 0.524. The maximum Gasteiger partial charge on any atom is 0.199 e. The van der Waals surface area contributed by atoms with E-state index in [4.69, 9.17) is 18.0 Å². The zero-order valence-corrected chi connectivity index (χ0v) is 10.5. The lowest BCUT2D eigenvalue weighted by atomic mass is 10.3. The van der Waals surface area contributed by atoms with Crippen molar-refractivity contribution in [3.63, 3.8) is 0 Å². The highest BCUT2D eigenvalue weighted by molar-refractivity contribution is 7.80. The maximum absolute atomic E-state index is 5.57. The van der Waals surface area contributed by atoms with Gasteiger partial charge in [-0.15, -0.1) is 5.10 Å². The van der Waals surface area contributed by atoms with Crippen molar-refractivity contribution in [2.75, 3.05) is 11.4 Å². The summed E-state index contributed by atoms with van der Waals surface area (Å²) in [7, 11) is 0. The Kier molecular flexibility index (Phi) is 2.78. The summed E-state index contributed by atoms with van der Waals surface area (Å²) in [4.78, 5) is 6.93. The van der Waals surface area contributed by atoms with Crippen molar-refractivity contribution >= 4 is 28.7 Å². The number of hydrogen-bond acceptors (Lipinski definition) is 6. The number of anilines is 1. The molecule has 0 spiro atoms. The summed E-state index contributed by atoms with van der Waals surface area (Å²) in [6.45, 7) is 0.778. The first-order valence-corrected chi connectivity index (χ1v) is 6.23. The molecule has 0 aliphatic heterocycles. The van der Waals surface area contributed by atoms with E-state index in [-0.39, 0.29) is 0 Å². The lowest BCUT2D eigenvalue weighted by Gasteiger charge is -2.23. The molecule has 2 heterocycles. The van der Waals surface area contributed by atoms with Crippen LogP contribution in [0.4, 0.5) is 5.82 Å². The first-order chi connectivity index (χ1) is 8.75. The number of nitrogens with zero attached hydrogens (tertiary/aromatic N) is 6. The van der Waals surface area contributed by atoms with Crippen molar-refractivity contribution in [1.29, 1.82) is 0 Å². The van der Waals surface area contributed by atoms with Crippen LogP contribution in [0.15, 0.2) is 12.4 Å². The Balaban J connectivity index is 1.93. The highest BCUT2D eigenvalue weighted by atomic mass is 32.1. The molecule has 1 aliphatic rings. The number of thiocarbonyl (C=S) groups is 1. The van der Waals surface area contributed by atoms with E-state index in [0.717, 1.165) is 12.4 Å². The quantitative estimate of drug-likeness (QED) is 0.769. The molecule has 0 atom stereocenters. The van der Waals surface area contributed by atoms with Gasteiger partial charge in [0.25, 0.3) is 0 Å². The summed E-state index contributed by atoms with van der Waals surface area (Å²) < 4.78 is 1.70. The van der Waals surface area contributed by atoms with Gasteiger partial charge in [0, 0.05) is 19.0 Å². The molecule has 2 N–H and O–H groups in total. The zero-order valence-electron chi connectivity index (χ0n) is 9.73. The molecular weight excluding hydrogens is 250 g/mol. The summed E-state index contributed by atoms with van der Waals surface area (Å²) in [6.07, 6.45) is 6.46. The zero-order chi connectivity index (χ0) is 12.5. The third-order valence-corrected chi connectivity index (χ3v) is 3.18. The summed E-state index contributed by atoms with van der Waals surface area (Å²) in [5.41, 5.74) is 6.22. The van der Waals surface area contributed by atoms with Crippen molar-refractivity contribution in [1.82, 2.24) is 25.0 Å². The van der Waals surface area contributed by atoms with Crippen molar-refractivity contribution in [2.24, 2.45) is 5.73 Å². The first-order valence-electron chi connectivity index (χ1n) is 5.83. The molecule has 3 rings (SSSR count). The third-order valence-electron chi connectivity index (χ3n) is 2.97. The molecule has 7 nitrogen and oxygen atoms in total. The topological polar surface area (TPSA) is 85.2 Å². The van der Waals surface area contributed by atoms with Crippen LogP contribution in [0, 0.1) is 0 Å². The molecule has 1 fully saturated rings. The predicted octanol–water partition coefficient (Wildman–Crippen LogP) is 0.164. The molecule has 1 saturated carbocycles. The fourth-order valence-corrected chi connectivity index (χ4v) is 2.05. The van der Waals surface area contributed by atoms with Gasteiger partial charge in [0.05, 0.1) is 17.4 Å². The Bertz CT molecular complexity index is 576. The Hall–Kier alpha value is -1.83. The summed E-state index contributed by atoms with van der Waals surface area (Å²) >= 11 is 4.94. The molecule has 1 aliphatic carbocycles. The van der Waals surface area contributed by atoms with Gasteiger partial charge in [0.1, 0.15) is 0 Å². The van der Waals surface area contributed by atoms with Gasteiger partial charge in [-0.1, -0.05) is 12.2 Å². The van der Waals surface area contributed by atoms with Gasteiger partial charge >= 0.3 is 0 Å². The fourth-order valence-electron chi connectivity index (χ4n) is 1.96. The molecule has 0 unspecified atom stereocenters. The van der Waals surface area contributed by atoms with Gasteiger partial charge in [0.2, 0.25) is 0 Å². The first kappa shape index (κ1) is 11.3. The molecule has 8 heteroatoms. The molecule has 18 heavy (non-hydrogen) atoms. The second-order valence-corrected chi connectivity index (χ2v) is 4.88. The minimum absolute atomic E-state index is 0.524. The lowest BCUT2D eigenvalue weighted by Crippen LogP contribution is -2.31. The van der Waals surface area contributed by atoms with Gasteiger partial charge in [-0.2, -0.15) is 4.52 Å². The largest absolute Gasteiger partial charge is 0.393 e. The van der Waals surface area contributed by atoms with Crippen molar-refractivity contribution in [2.45, 2.75) is 25.3 Å². The van der Waals surface area contributed by atoms with E-state index in [1.54, 1.807) is 16.9 Å². The van der Waals surface area contributed by atoms with E-state index in [9.17, 15) is 0 Å². The molecule has 0 radical (unpaired) electrons. The van der Waals surface area contributed by atoms with Crippen LogP contribution in [-0.2, 0) is 0 Å². The van der Waals surface area contributed by atoms with Crippen LogP contribution < -0.4 is 10.6 Å². The third kappa shape index (κ3) is 2.10. The minimum Gasteiger partial charge on any atom is -0.393 e. The highest BCUT2D eigenvalue weighted by Gasteiger charge is 2.30. The predicted molar refractivity (Wildman–Crippen MR) is 70.3 cm³/mol. The van der Waals surface area contributed by atoms with Crippen molar-refractivity contribution < 1.29 is 0 Å². The Morgan fingerprint density at radius 3 is 3.06 bits per heavy atom. The summed E-state index contributed by atoms with van der Waals surface area (Å²) in [5, 5.41) is 11.6. The Morgan fingerprint density at radius 2 is 2.33 bits per heavy atom. The normalized spacial score (nSPS) is 14.9. The van der Waals surface area contributed by atoms with E-state index in [0.29, 0.717) is 23.1 Å². The van der Waals surface area contributed by atoms with E-state index in [1.165, 1.54) is 12.8 Å². The van der Waals surface area contributed by atoms with E-state index in [2.05, 4.69) is 25.4 Å².